The SMILES string of the molecule is CC1(C)CN(C(=O)c2nc[nH]c2C(=O)O)CCO1. The Morgan fingerprint density at radius 2 is 2.28 bits per heavy atom. The van der Waals surface area contributed by atoms with Crippen molar-refractivity contribution < 1.29 is 19.4 Å². The van der Waals surface area contributed by atoms with Crippen LogP contribution in [0.25, 0.3) is 0 Å². The van der Waals surface area contributed by atoms with E-state index in [1.165, 1.54) is 6.33 Å². The van der Waals surface area contributed by atoms with Gasteiger partial charge in [0, 0.05) is 13.1 Å². The zero-order valence-electron chi connectivity index (χ0n) is 10.3. The number of carbonyl (C=O) groups excluding carboxylic acids is 1. The highest BCUT2D eigenvalue weighted by atomic mass is 16.5. The van der Waals surface area contributed by atoms with Crippen LogP contribution in [0.3, 0.4) is 0 Å². The van der Waals surface area contributed by atoms with Crippen LogP contribution < -0.4 is 0 Å². The van der Waals surface area contributed by atoms with E-state index < -0.39 is 11.6 Å². The highest BCUT2D eigenvalue weighted by Crippen LogP contribution is 2.18. The molecule has 0 unspecified atom stereocenters. The Kier molecular flexibility index (Phi) is 3.08. The van der Waals surface area contributed by atoms with Crippen molar-refractivity contribution >= 4 is 11.9 Å². The highest BCUT2D eigenvalue weighted by molar-refractivity contribution is 6.02. The molecule has 2 heterocycles. The van der Waals surface area contributed by atoms with E-state index in [0.717, 1.165) is 0 Å². The van der Waals surface area contributed by atoms with Gasteiger partial charge in [0.05, 0.1) is 18.5 Å². The number of ether oxygens (including phenoxy) is 1. The smallest absolute Gasteiger partial charge is 0.354 e. The molecule has 1 aliphatic rings. The molecule has 0 saturated carbocycles. The molecule has 0 aliphatic carbocycles. The highest BCUT2D eigenvalue weighted by Gasteiger charge is 2.32. The molecule has 98 valence electrons. The second-order valence-corrected chi connectivity index (χ2v) is 4.77. The topological polar surface area (TPSA) is 95.5 Å². The number of rotatable bonds is 2. The lowest BCUT2D eigenvalue weighted by atomic mass is 10.1. The predicted octanol–water partition coefficient (Wildman–Crippen LogP) is 0.359. The molecule has 0 aromatic carbocycles. The number of amides is 1. The first-order valence-electron chi connectivity index (χ1n) is 5.60. The van der Waals surface area contributed by atoms with Crippen LogP contribution in [0.4, 0.5) is 0 Å². The minimum absolute atomic E-state index is 0.0554. The van der Waals surface area contributed by atoms with Crippen LogP contribution in [0.15, 0.2) is 6.33 Å². The van der Waals surface area contributed by atoms with E-state index in [1.807, 2.05) is 13.8 Å². The molecule has 1 saturated heterocycles. The van der Waals surface area contributed by atoms with E-state index in [0.29, 0.717) is 19.7 Å². The van der Waals surface area contributed by atoms with Gasteiger partial charge in [-0.2, -0.15) is 0 Å². The van der Waals surface area contributed by atoms with Crippen molar-refractivity contribution in [1.29, 1.82) is 0 Å². The van der Waals surface area contributed by atoms with E-state index in [2.05, 4.69) is 9.97 Å². The second kappa shape index (κ2) is 4.41. The van der Waals surface area contributed by atoms with E-state index in [9.17, 15) is 9.59 Å². The molecule has 0 spiro atoms. The zero-order chi connectivity index (χ0) is 13.3. The van der Waals surface area contributed by atoms with E-state index in [-0.39, 0.29) is 17.3 Å². The normalized spacial score (nSPS) is 18.7. The third-order valence-corrected chi connectivity index (χ3v) is 2.77. The zero-order valence-corrected chi connectivity index (χ0v) is 10.3. The fourth-order valence-corrected chi connectivity index (χ4v) is 1.96. The molecule has 1 aromatic heterocycles. The fraction of sp³-hybridized carbons (Fsp3) is 0.545. The maximum atomic E-state index is 12.2. The average molecular weight is 253 g/mol. The Morgan fingerprint density at radius 1 is 1.56 bits per heavy atom. The van der Waals surface area contributed by atoms with Crippen molar-refractivity contribution in [2.75, 3.05) is 19.7 Å². The maximum absolute atomic E-state index is 12.2. The van der Waals surface area contributed by atoms with E-state index in [1.54, 1.807) is 4.90 Å². The van der Waals surface area contributed by atoms with Crippen molar-refractivity contribution in [1.82, 2.24) is 14.9 Å². The summed E-state index contributed by atoms with van der Waals surface area (Å²) in [5, 5.41) is 8.94. The van der Waals surface area contributed by atoms with Crippen LogP contribution in [0.5, 0.6) is 0 Å². The van der Waals surface area contributed by atoms with Gasteiger partial charge >= 0.3 is 5.97 Å². The Bertz CT molecular complexity index is 480. The molecule has 1 fully saturated rings. The minimum atomic E-state index is -1.19. The lowest BCUT2D eigenvalue weighted by Crippen LogP contribution is -2.50. The Balaban J connectivity index is 2.21. The molecule has 7 heteroatoms. The number of morpholine rings is 1. The number of aromatic amines is 1. The van der Waals surface area contributed by atoms with Gasteiger partial charge in [-0.05, 0) is 13.8 Å². The molecule has 2 rings (SSSR count). The third kappa shape index (κ3) is 2.35. The van der Waals surface area contributed by atoms with Gasteiger partial charge in [0.1, 0.15) is 0 Å². The van der Waals surface area contributed by atoms with Gasteiger partial charge in [-0.1, -0.05) is 0 Å². The van der Waals surface area contributed by atoms with E-state index >= 15 is 0 Å². The van der Waals surface area contributed by atoms with Crippen LogP contribution in [0.2, 0.25) is 0 Å². The molecule has 1 aromatic rings. The summed E-state index contributed by atoms with van der Waals surface area (Å²) >= 11 is 0. The molecular weight excluding hydrogens is 238 g/mol. The molecule has 2 N–H and O–H groups in total. The molecule has 1 aliphatic heterocycles. The number of carbonyl (C=O) groups is 2. The van der Waals surface area contributed by atoms with Gasteiger partial charge in [-0.3, -0.25) is 4.79 Å². The van der Waals surface area contributed by atoms with Crippen molar-refractivity contribution in [2.45, 2.75) is 19.4 Å². The van der Waals surface area contributed by atoms with Crippen molar-refractivity contribution in [2.24, 2.45) is 0 Å². The largest absolute Gasteiger partial charge is 0.477 e. The Morgan fingerprint density at radius 3 is 2.89 bits per heavy atom. The number of H-pyrrole nitrogens is 1. The lowest BCUT2D eigenvalue weighted by Gasteiger charge is -2.37. The second-order valence-electron chi connectivity index (χ2n) is 4.77. The predicted molar refractivity (Wildman–Crippen MR) is 61.5 cm³/mol. The number of carboxylic acids is 1. The van der Waals surface area contributed by atoms with Gasteiger partial charge in [0.25, 0.3) is 5.91 Å². The molecule has 1 amide bonds. The van der Waals surface area contributed by atoms with Crippen LogP contribution >= 0.6 is 0 Å². The minimum Gasteiger partial charge on any atom is -0.477 e. The summed E-state index contributed by atoms with van der Waals surface area (Å²) in [6, 6.07) is 0. The summed E-state index contributed by atoms with van der Waals surface area (Å²) in [5.41, 5.74) is -0.655. The monoisotopic (exact) mass is 253 g/mol. The first kappa shape index (κ1) is 12.6. The molecular formula is C11H15N3O4. The molecule has 0 atom stereocenters. The van der Waals surface area contributed by atoms with E-state index in [4.69, 9.17) is 9.84 Å². The summed E-state index contributed by atoms with van der Waals surface area (Å²) < 4.78 is 5.50. The number of hydrogen-bond donors (Lipinski definition) is 2. The Hall–Kier alpha value is -1.89. The number of nitrogens with zero attached hydrogens (tertiary/aromatic N) is 2. The van der Waals surface area contributed by atoms with Gasteiger partial charge in [-0.25, -0.2) is 9.78 Å². The van der Waals surface area contributed by atoms with Crippen molar-refractivity contribution in [3.63, 3.8) is 0 Å². The molecule has 18 heavy (non-hydrogen) atoms. The number of aromatic carboxylic acids is 1. The molecule has 0 radical (unpaired) electrons. The van der Waals surface area contributed by atoms with Crippen LogP contribution in [0.1, 0.15) is 34.8 Å². The summed E-state index contributed by atoms with van der Waals surface area (Å²) in [6.45, 7) is 5.06. The lowest BCUT2D eigenvalue weighted by molar-refractivity contribution is -0.0765. The Labute approximate surface area is 104 Å². The summed E-state index contributed by atoms with van der Waals surface area (Å²) in [7, 11) is 0. The summed E-state index contributed by atoms with van der Waals surface area (Å²) in [6.07, 6.45) is 1.21. The summed E-state index contributed by atoms with van der Waals surface area (Å²) in [5.74, 6) is -1.58. The first-order valence-corrected chi connectivity index (χ1v) is 5.60. The first-order chi connectivity index (χ1) is 8.41. The van der Waals surface area contributed by atoms with Crippen LogP contribution in [-0.4, -0.2) is 57.1 Å². The van der Waals surface area contributed by atoms with Gasteiger partial charge in [-0.15, -0.1) is 0 Å². The summed E-state index contributed by atoms with van der Waals surface area (Å²) in [4.78, 5) is 30.9. The van der Waals surface area contributed by atoms with Crippen molar-refractivity contribution in [3.05, 3.63) is 17.7 Å². The quantitative estimate of drug-likeness (QED) is 0.793. The number of nitrogens with one attached hydrogen (secondary N) is 1. The number of hydrogen-bond acceptors (Lipinski definition) is 4. The molecule has 7 nitrogen and oxygen atoms in total. The number of aromatic nitrogens is 2. The van der Waals surface area contributed by atoms with Crippen LogP contribution in [0, 0.1) is 0 Å². The number of imidazole rings is 1. The standard InChI is InChI=1S/C11H15N3O4/c1-11(2)5-14(3-4-18-11)9(15)7-8(10(16)17)13-6-12-7/h6H,3-5H2,1-2H3,(H,12,13)(H,16,17). The van der Waals surface area contributed by atoms with Gasteiger partial charge in [0.15, 0.2) is 11.4 Å². The maximum Gasteiger partial charge on any atom is 0.354 e. The molecule has 0 bridgehead atoms. The van der Waals surface area contributed by atoms with Crippen molar-refractivity contribution in [3.8, 4) is 0 Å². The third-order valence-electron chi connectivity index (χ3n) is 2.77. The van der Waals surface area contributed by atoms with Gasteiger partial charge < -0.3 is 19.7 Å². The average Bonchev–Trinajstić information content (AvgIpc) is 2.75. The fourth-order valence-electron chi connectivity index (χ4n) is 1.96. The number of carboxylic acid groups (broad SMARTS) is 1. The van der Waals surface area contributed by atoms with Crippen LogP contribution in [-0.2, 0) is 4.74 Å². The van der Waals surface area contributed by atoms with Gasteiger partial charge in [0.2, 0.25) is 0 Å².